The van der Waals surface area contributed by atoms with E-state index in [2.05, 4.69) is 33.1 Å². The second kappa shape index (κ2) is 12.1. The Morgan fingerprint density at radius 3 is 2.56 bits per heavy atom. The SMILES string of the molecule is CCOc1ccc2oc(C(=O)N/N=C/c3cc(Cl)c(OCc4ccc(I)cc4)c(OCC)c3)cc2c1. The van der Waals surface area contributed by atoms with Crippen LogP contribution < -0.4 is 19.6 Å². The second-order valence-corrected chi connectivity index (χ2v) is 9.27. The van der Waals surface area contributed by atoms with Gasteiger partial charge in [-0.25, -0.2) is 5.43 Å². The molecule has 1 aromatic heterocycles. The van der Waals surface area contributed by atoms with Crippen LogP contribution in [0.2, 0.25) is 5.02 Å². The summed E-state index contributed by atoms with van der Waals surface area (Å²) in [4.78, 5) is 12.5. The molecular weight excluding hydrogens is 595 g/mol. The molecule has 4 aromatic rings. The normalized spacial score (nSPS) is 11.1. The first-order chi connectivity index (χ1) is 17.5. The highest BCUT2D eigenvalue weighted by molar-refractivity contribution is 14.1. The molecule has 0 aliphatic heterocycles. The van der Waals surface area contributed by atoms with Crippen LogP contribution in [0.5, 0.6) is 17.2 Å². The Bertz CT molecular complexity index is 1390. The van der Waals surface area contributed by atoms with Crippen molar-refractivity contribution in [1.82, 2.24) is 5.43 Å². The van der Waals surface area contributed by atoms with Gasteiger partial charge in [0.25, 0.3) is 0 Å². The Labute approximate surface area is 227 Å². The van der Waals surface area contributed by atoms with Crippen LogP contribution >= 0.6 is 34.2 Å². The number of carbonyl (C=O) groups excluding carboxylic acids is 1. The molecule has 1 amide bonds. The number of ether oxygens (including phenoxy) is 3. The molecule has 0 bridgehead atoms. The summed E-state index contributed by atoms with van der Waals surface area (Å²) in [6.45, 7) is 5.13. The molecule has 0 atom stereocenters. The Morgan fingerprint density at radius 1 is 1.03 bits per heavy atom. The van der Waals surface area contributed by atoms with Gasteiger partial charge in [0.2, 0.25) is 0 Å². The minimum Gasteiger partial charge on any atom is -0.494 e. The molecule has 0 fully saturated rings. The van der Waals surface area contributed by atoms with Crippen molar-refractivity contribution in [1.29, 1.82) is 0 Å². The van der Waals surface area contributed by atoms with Gasteiger partial charge in [-0.1, -0.05) is 23.7 Å². The lowest BCUT2D eigenvalue weighted by Gasteiger charge is -2.14. The van der Waals surface area contributed by atoms with Gasteiger partial charge < -0.3 is 18.6 Å². The molecule has 9 heteroatoms. The van der Waals surface area contributed by atoms with E-state index in [4.69, 9.17) is 30.2 Å². The van der Waals surface area contributed by atoms with Crippen LogP contribution in [-0.4, -0.2) is 25.3 Å². The number of carbonyl (C=O) groups is 1. The second-order valence-electron chi connectivity index (χ2n) is 7.62. The van der Waals surface area contributed by atoms with Crippen LogP contribution in [0.3, 0.4) is 0 Å². The summed E-state index contributed by atoms with van der Waals surface area (Å²) in [5.74, 6) is 1.32. The molecule has 4 rings (SSSR count). The van der Waals surface area contributed by atoms with Gasteiger partial charge in [0.15, 0.2) is 17.3 Å². The van der Waals surface area contributed by atoms with E-state index < -0.39 is 5.91 Å². The maximum atomic E-state index is 12.5. The Balaban J connectivity index is 1.44. The molecular formula is C27H24ClIN2O5. The van der Waals surface area contributed by atoms with Gasteiger partial charge in [0.05, 0.1) is 24.5 Å². The monoisotopic (exact) mass is 618 g/mol. The summed E-state index contributed by atoms with van der Waals surface area (Å²) in [5.41, 5.74) is 4.71. The zero-order valence-corrected chi connectivity index (χ0v) is 22.6. The molecule has 36 heavy (non-hydrogen) atoms. The van der Waals surface area contributed by atoms with E-state index >= 15 is 0 Å². The van der Waals surface area contributed by atoms with Crippen molar-refractivity contribution >= 4 is 57.3 Å². The molecule has 0 saturated carbocycles. The number of hydrazone groups is 1. The van der Waals surface area contributed by atoms with Crippen molar-refractivity contribution in [2.24, 2.45) is 5.10 Å². The topological polar surface area (TPSA) is 82.3 Å². The highest BCUT2D eigenvalue weighted by atomic mass is 127. The van der Waals surface area contributed by atoms with Crippen molar-refractivity contribution in [2.45, 2.75) is 20.5 Å². The fourth-order valence-electron chi connectivity index (χ4n) is 3.41. The van der Waals surface area contributed by atoms with E-state index in [0.29, 0.717) is 53.2 Å². The third-order valence-corrected chi connectivity index (χ3v) is 6.03. The number of amides is 1. The van der Waals surface area contributed by atoms with E-state index in [0.717, 1.165) is 14.5 Å². The van der Waals surface area contributed by atoms with Crippen molar-refractivity contribution in [3.8, 4) is 17.2 Å². The molecule has 0 aliphatic carbocycles. The molecule has 7 nitrogen and oxygen atoms in total. The average Bonchev–Trinajstić information content (AvgIpc) is 3.29. The van der Waals surface area contributed by atoms with Crippen LogP contribution in [0.25, 0.3) is 11.0 Å². The lowest BCUT2D eigenvalue weighted by Crippen LogP contribution is -2.16. The van der Waals surface area contributed by atoms with Gasteiger partial charge in [-0.3, -0.25) is 4.79 Å². The molecule has 0 saturated heterocycles. The lowest BCUT2D eigenvalue weighted by molar-refractivity contribution is 0.0929. The molecule has 1 heterocycles. The summed E-state index contributed by atoms with van der Waals surface area (Å²) in [6.07, 6.45) is 1.48. The minimum atomic E-state index is -0.478. The number of rotatable bonds is 10. The van der Waals surface area contributed by atoms with Crippen molar-refractivity contribution in [3.63, 3.8) is 0 Å². The highest BCUT2D eigenvalue weighted by Crippen LogP contribution is 2.37. The van der Waals surface area contributed by atoms with Gasteiger partial charge in [0.1, 0.15) is 17.9 Å². The number of fused-ring (bicyclic) bond motifs is 1. The van der Waals surface area contributed by atoms with Gasteiger partial charge in [-0.2, -0.15) is 5.10 Å². The molecule has 0 spiro atoms. The fraction of sp³-hybridized carbons (Fsp3) is 0.185. The third-order valence-electron chi connectivity index (χ3n) is 5.03. The molecule has 0 unspecified atom stereocenters. The Hall–Kier alpha value is -3.24. The predicted octanol–water partition coefficient (Wildman–Crippen LogP) is 6.83. The summed E-state index contributed by atoms with van der Waals surface area (Å²) < 4.78 is 24.0. The standard InChI is InChI=1S/C27H24ClIN2O5/c1-3-33-21-9-10-23-19(13-21)14-25(36-23)27(32)31-30-15-18-11-22(28)26(24(12-18)34-4-2)35-16-17-5-7-20(29)8-6-17/h5-15H,3-4,16H2,1-2H3,(H,31,32)/b30-15+. The van der Waals surface area contributed by atoms with Crippen LogP contribution in [0.15, 0.2) is 70.2 Å². The van der Waals surface area contributed by atoms with E-state index in [1.165, 1.54) is 6.21 Å². The number of furan rings is 1. The Morgan fingerprint density at radius 2 is 1.81 bits per heavy atom. The summed E-state index contributed by atoms with van der Waals surface area (Å²) in [6, 6.07) is 18.5. The van der Waals surface area contributed by atoms with Gasteiger partial charge in [0, 0.05) is 8.96 Å². The first-order valence-corrected chi connectivity index (χ1v) is 12.8. The Kier molecular flexibility index (Phi) is 8.71. The fourth-order valence-corrected chi connectivity index (χ4v) is 4.05. The van der Waals surface area contributed by atoms with Crippen molar-refractivity contribution in [3.05, 3.63) is 86.1 Å². The zero-order chi connectivity index (χ0) is 25.5. The first kappa shape index (κ1) is 25.8. The average molecular weight is 619 g/mol. The maximum Gasteiger partial charge on any atom is 0.307 e. The molecule has 1 N–H and O–H groups in total. The minimum absolute atomic E-state index is 0.142. The number of halogens is 2. The van der Waals surface area contributed by atoms with Crippen LogP contribution in [-0.2, 0) is 6.61 Å². The van der Waals surface area contributed by atoms with Gasteiger partial charge in [-0.05, 0) is 96.1 Å². The maximum absolute atomic E-state index is 12.5. The third kappa shape index (κ3) is 6.50. The van der Waals surface area contributed by atoms with E-state index in [1.807, 2.05) is 44.2 Å². The van der Waals surface area contributed by atoms with E-state index in [9.17, 15) is 4.79 Å². The van der Waals surface area contributed by atoms with Crippen LogP contribution in [0, 0.1) is 3.57 Å². The number of hydrogen-bond acceptors (Lipinski definition) is 6. The van der Waals surface area contributed by atoms with Gasteiger partial charge >= 0.3 is 5.91 Å². The zero-order valence-electron chi connectivity index (χ0n) is 19.7. The number of benzene rings is 3. The number of nitrogens with one attached hydrogen (secondary N) is 1. The van der Waals surface area contributed by atoms with Gasteiger partial charge in [-0.15, -0.1) is 0 Å². The number of nitrogens with zero attached hydrogens (tertiary/aromatic N) is 1. The molecule has 186 valence electrons. The van der Waals surface area contributed by atoms with Crippen LogP contribution in [0.1, 0.15) is 35.5 Å². The molecule has 0 radical (unpaired) electrons. The molecule has 3 aromatic carbocycles. The van der Waals surface area contributed by atoms with E-state index in [-0.39, 0.29) is 5.76 Å². The predicted molar refractivity (Wildman–Crippen MR) is 149 cm³/mol. The lowest BCUT2D eigenvalue weighted by atomic mass is 10.2. The quantitative estimate of drug-likeness (QED) is 0.120. The summed E-state index contributed by atoms with van der Waals surface area (Å²) in [7, 11) is 0. The first-order valence-electron chi connectivity index (χ1n) is 11.3. The number of hydrogen-bond donors (Lipinski definition) is 1. The van der Waals surface area contributed by atoms with E-state index in [1.54, 1.807) is 30.3 Å². The largest absolute Gasteiger partial charge is 0.494 e. The summed E-state index contributed by atoms with van der Waals surface area (Å²) >= 11 is 8.76. The van der Waals surface area contributed by atoms with Crippen molar-refractivity contribution in [2.75, 3.05) is 13.2 Å². The van der Waals surface area contributed by atoms with Crippen LogP contribution in [0.4, 0.5) is 0 Å². The highest BCUT2D eigenvalue weighted by Gasteiger charge is 2.14. The molecule has 0 aliphatic rings. The smallest absolute Gasteiger partial charge is 0.307 e. The van der Waals surface area contributed by atoms with Crippen molar-refractivity contribution < 1.29 is 23.4 Å². The summed E-state index contributed by atoms with van der Waals surface area (Å²) in [5, 5.41) is 5.19.